The van der Waals surface area contributed by atoms with Gasteiger partial charge in [0.15, 0.2) is 0 Å². The summed E-state index contributed by atoms with van der Waals surface area (Å²) in [5.41, 5.74) is 2.37. The van der Waals surface area contributed by atoms with Crippen molar-refractivity contribution in [2.75, 3.05) is 6.54 Å². The number of rotatable bonds is 8. The van der Waals surface area contributed by atoms with Crippen LogP contribution in [0, 0.1) is 45.4 Å². The molecule has 32 heavy (non-hydrogen) atoms. The number of benzene rings is 2. The van der Waals surface area contributed by atoms with Gasteiger partial charge in [-0.1, -0.05) is 66.7 Å². The average Bonchev–Trinajstić information content (AvgIpc) is 3.45. The molecular weight excluding hydrogens is 442 g/mol. The Morgan fingerprint density at radius 3 is 1.66 bits per heavy atom. The quantitative estimate of drug-likeness (QED) is 0.224. The third-order valence-corrected chi connectivity index (χ3v) is 4.54. The van der Waals surface area contributed by atoms with Crippen LogP contribution in [0.3, 0.4) is 0 Å². The van der Waals surface area contributed by atoms with Gasteiger partial charge in [0.1, 0.15) is 0 Å². The fourth-order valence-electron chi connectivity index (χ4n) is 3.13. The van der Waals surface area contributed by atoms with Crippen LogP contribution in [0.25, 0.3) is 0 Å². The van der Waals surface area contributed by atoms with Gasteiger partial charge in [0.25, 0.3) is 0 Å². The number of hydrogen-bond donors (Lipinski definition) is 0. The fraction of sp³-hybridized carbons (Fsp3) is 0.185. The van der Waals surface area contributed by atoms with E-state index in [1.54, 1.807) is 0 Å². The van der Waals surface area contributed by atoms with Crippen molar-refractivity contribution in [3.05, 3.63) is 130 Å². The van der Waals surface area contributed by atoms with Gasteiger partial charge in [0.05, 0.1) is 0 Å². The second-order valence-electron chi connectivity index (χ2n) is 6.31. The first-order valence-electron chi connectivity index (χ1n) is 9.67. The van der Waals surface area contributed by atoms with E-state index in [0.29, 0.717) is 6.42 Å². The van der Waals surface area contributed by atoms with Crippen LogP contribution in [0.15, 0.2) is 73.3 Å². The average molecular weight is 469 g/mol. The van der Waals surface area contributed by atoms with Crippen molar-refractivity contribution in [2.24, 2.45) is 0 Å². The van der Waals surface area contributed by atoms with Crippen LogP contribution < -0.4 is 0 Å². The third kappa shape index (κ3) is 12.0. The molecule has 1 fully saturated rings. The molecule has 4 nitrogen and oxygen atoms in total. The van der Waals surface area contributed by atoms with E-state index in [-0.39, 0.29) is 29.2 Å². The van der Waals surface area contributed by atoms with E-state index >= 15 is 0 Å². The summed E-state index contributed by atoms with van der Waals surface area (Å²) in [5.74, 6) is 0. The summed E-state index contributed by atoms with van der Waals surface area (Å²) in [6.45, 7) is 15.8. The number of hydrogen-bond acceptors (Lipinski definition) is 2. The molecule has 0 unspecified atom stereocenters. The molecule has 165 valence electrons. The van der Waals surface area contributed by atoms with Crippen LogP contribution in [-0.4, -0.2) is 17.7 Å². The number of nitrogens with zero attached hydrogens (tertiary/aromatic N) is 1. The summed E-state index contributed by atoms with van der Waals surface area (Å²) in [4.78, 5) is 13.4. The molecule has 1 aliphatic carbocycles. The minimum absolute atomic E-state index is 0. The molecule has 0 spiro atoms. The zero-order valence-electron chi connectivity index (χ0n) is 18.0. The molecule has 2 aromatic rings. The van der Waals surface area contributed by atoms with Crippen molar-refractivity contribution < 1.29 is 31.2 Å². The van der Waals surface area contributed by atoms with Crippen LogP contribution in [0.1, 0.15) is 36.6 Å². The van der Waals surface area contributed by atoms with Gasteiger partial charge in [-0.25, -0.2) is 0 Å². The maximum Gasteiger partial charge on any atom is 2.00 e. The third-order valence-electron chi connectivity index (χ3n) is 4.54. The summed E-state index contributed by atoms with van der Waals surface area (Å²) < 4.78 is 15.0. The topological polar surface area (TPSA) is 60.1 Å². The Hall–Kier alpha value is -2.19. The molecule has 2 atom stereocenters. The second kappa shape index (κ2) is 22.0. The molecule has 5 heteroatoms. The molecule has 0 bridgehead atoms. The van der Waals surface area contributed by atoms with Crippen molar-refractivity contribution in [3.8, 4) is 0 Å². The summed E-state index contributed by atoms with van der Waals surface area (Å²) in [6, 6.07) is 20.7. The first-order chi connectivity index (χ1) is 15.3. The van der Waals surface area contributed by atoms with Crippen molar-refractivity contribution in [1.82, 2.24) is 4.90 Å². The van der Waals surface area contributed by atoms with Gasteiger partial charge in [-0.3, -0.25) is 11.2 Å². The van der Waals surface area contributed by atoms with Crippen molar-refractivity contribution in [1.29, 1.82) is 0 Å². The van der Waals surface area contributed by atoms with Crippen LogP contribution in [0.4, 0.5) is 0 Å². The van der Waals surface area contributed by atoms with Gasteiger partial charge in [0, 0.05) is 18.6 Å². The molecule has 3 rings (SSSR count). The van der Waals surface area contributed by atoms with Crippen LogP contribution in [-0.2, 0) is 31.2 Å². The van der Waals surface area contributed by atoms with Crippen molar-refractivity contribution in [3.63, 3.8) is 0 Å². The molecule has 0 heterocycles. The predicted octanol–water partition coefficient (Wildman–Crippen LogP) is 5.42. The van der Waals surface area contributed by atoms with E-state index in [2.05, 4.69) is 62.3 Å². The van der Waals surface area contributed by atoms with Gasteiger partial charge in [-0.2, -0.15) is 0 Å². The smallest absolute Gasteiger partial charge is 0.0312 e. The maximum atomic E-state index is 11.1. The summed E-state index contributed by atoms with van der Waals surface area (Å²) in [5, 5.41) is 0. The van der Waals surface area contributed by atoms with E-state index in [9.17, 15) is 4.79 Å². The van der Waals surface area contributed by atoms with E-state index in [4.69, 9.17) is 9.30 Å². The van der Waals surface area contributed by atoms with Crippen LogP contribution >= 0.6 is 0 Å². The largest absolute Gasteiger partial charge is 2.00 e. The molecule has 0 N–H and O–H groups in total. The molecule has 0 amide bonds. The standard InChI is InChI=1S/C20H22NO.C5H5.2CO.Fe/c1-3-15-21(17(2)18-10-6-4-7-11-18)20(14-16-22)19-12-8-5-9-13-19;1-2-4-5-3-1;2*1-2;/h3-13,17,20H,1,14-15H2,2H3;1-5H;;;/q-1;;;;+2/t17-,20+;;;;/m1..../s1. The Morgan fingerprint density at radius 2 is 1.28 bits per heavy atom. The van der Waals surface area contributed by atoms with E-state index < -0.39 is 0 Å². The van der Waals surface area contributed by atoms with Crippen molar-refractivity contribution in [2.45, 2.75) is 25.4 Å². The molecule has 2 aromatic carbocycles. The Labute approximate surface area is 204 Å². The monoisotopic (exact) mass is 469 g/mol. The number of carbonyl (C=O) groups excluding carboxylic acids is 1. The zero-order chi connectivity index (χ0) is 23.3. The summed E-state index contributed by atoms with van der Waals surface area (Å²) >= 11 is 0. The van der Waals surface area contributed by atoms with Crippen molar-refractivity contribution >= 4 is 6.29 Å². The van der Waals surface area contributed by atoms with E-state index in [0.717, 1.165) is 12.1 Å². The van der Waals surface area contributed by atoms with Gasteiger partial charge in [-0.05, 0) is 50.2 Å². The summed E-state index contributed by atoms with van der Waals surface area (Å²) in [7, 11) is 0. The molecule has 5 radical (unpaired) electrons. The van der Waals surface area contributed by atoms with Crippen LogP contribution in [0.2, 0.25) is 0 Å². The molecule has 0 aromatic heterocycles. The second-order valence-corrected chi connectivity index (χ2v) is 6.31. The Morgan fingerprint density at radius 1 is 0.875 bits per heavy atom. The Balaban J connectivity index is 0. The Kier molecular flexibility index (Phi) is 22.0. The summed E-state index contributed by atoms with van der Waals surface area (Å²) in [6.07, 6.45) is 14.3. The molecule has 1 saturated carbocycles. The molecular formula is C27H27FeNO3+. The fourth-order valence-corrected chi connectivity index (χ4v) is 3.13. The van der Waals surface area contributed by atoms with Gasteiger partial charge >= 0.3 is 39.7 Å². The van der Waals surface area contributed by atoms with Gasteiger partial charge < -0.3 is 4.79 Å². The minimum Gasteiger partial charge on any atom is -0.0312 e. The predicted molar refractivity (Wildman–Crippen MR) is 121 cm³/mol. The zero-order valence-corrected chi connectivity index (χ0v) is 19.1. The van der Waals surface area contributed by atoms with E-state index in [1.807, 2.05) is 74.6 Å². The molecule has 0 saturated heterocycles. The molecule has 1 aliphatic rings. The van der Waals surface area contributed by atoms with Gasteiger partial charge in [-0.15, -0.1) is 13.0 Å². The van der Waals surface area contributed by atoms with E-state index in [1.165, 1.54) is 5.56 Å². The SMILES string of the molecule is C=CCN([C@H](C)c1ccccc1)[C@@H](C[C-]=O)c1ccccc1.[C-]#[O+].[C-]#[O+].[CH]1[CH][CH][CH][CH]1.[Fe+2]. The van der Waals surface area contributed by atoms with Gasteiger partial charge in [0.2, 0.25) is 0 Å². The normalized spacial score (nSPS) is 13.2. The first-order valence-corrected chi connectivity index (χ1v) is 9.67. The molecule has 0 aliphatic heterocycles. The maximum absolute atomic E-state index is 11.1. The first kappa shape index (κ1) is 32.0. The minimum atomic E-state index is 0. The van der Waals surface area contributed by atoms with Crippen LogP contribution in [0.5, 0.6) is 0 Å². The Bertz CT molecular complexity index is 729.